The average Bonchev–Trinajstić information content (AvgIpc) is 3.33. The number of benzene rings is 4. The third kappa shape index (κ3) is 5.19. The Morgan fingerprint density at radius 2 is 1.31 bits per heavy atom. The molecule has 2 N–H and O–H groups in total. The number of para-hydroxylation sites is 1. The van der Waals surface area contributed by atoms with E-state index >= 15 is 0 Å². The Bertz CT molecular complexity index is 1340. The van der Waals surface area contributed by atoms with Gasteiger partial charge < -0.3 is 10.6 Å². The van der Waals surface area contributed by atoms with E-state index in [1.807, 2.05) is 54.6 Å². The molecule has 7 heteroatoms. The molecule has 5 rings (SSSR count). The highest BCUT2D eigenvalue weighted by Gasteiger charge is 2.32. The van der Waals surface area contributed by atoms with Crippen molar-refractivity contribution in [1.82, 2.24) is 5.01 Å². The van der Waals surface area contributed by atoms with Gasteiger partial charge in [0.2, 0.25) is 0 Å². The van der Waals surface area contributed by atoms with Crippen molar-refractivity contribution in [3.8, 4) is 0 Å². The van der Waals surface area contributed by atoms with E-state index in [1.165, 1.54) is 41.4 Å². The van der Waals surface area contributed by atoms with Crippen LogP contribution in [0.25, 0.3) is 0 Å². The summed E-state index contributed by atoms with van der Waals surface area (Å²) in [6.07, 6.45) is 0. The van der Waals surface area contributed by atoms with Crippen LogP contribution in [0.5, 0.6) is 0 Å². The maximum atomic E-state index is 13.6. The van der Waals surface area contributed by atoms with Crippen LogP contribution in [0.4, 0.5) is 30.6 Å². The molecule has 35 heavy (non-hydrogen) atoms. The molecule has 0 aliphatic carbocycles. The number of rotatable bonds is 5. The molecular weight excluding hydrogens is 446 g/mol. The highest BCUT2D eigenvalue weighted by Crippen LogP contribution is 2.30. The molecule has 4 aromatic rings. The zero-order valence-electron chi connectivity index (χ0n) is 18.7. The summed E-state index contributed by atoms with van der Waals surface area (Å²) in [6, 6.07) is 29.0. The van der Waals surface area contributed by atoms with Crippen LogP contribution in [0.3, 0.4) is 0 Å². The first-order valence-corrected chi connectivity index (χ1v) is 11.2. The monoisotopic (exact) mass is 468 g/mol. The summed E-state index contributed by atoms with van der Waals surface area (Å²) in [7, 11) is 0. The van der Waals surface area contributed by atoms with Gasteiger partial charge in [-0.2, -0.15) is 5.10 Å². The van der Waals surface area contributed by atoms with Crippen molar-refractivity contribution in [3.63, 3.8) is 0 Å². The summed E-state index contributed by atoms with van der Waals surface area (Å²) in [6.45, 7) is 0.290. The molecule has 0 spiro atoms. The SMILES string of the molecule is O=C(Nc1ccc(F)cc1)N1CC(c2ccc(F)cc2)C(c2ccc(Nc3ccccc3)cc2)=N1. The van der Waals surface area contributed by atoms with E-state index in [9.17, 15) is 13.6 Å². The van der Waals surface area contributed by atoms with Crippen molar-refractivity contribution in [2.45, 2.75) is 5.92 Å². The van der Waals surface area contributed by atoms with Crippen LogP contribution in [0, 0.1) is 11.6 Å². The van der Waals surface area contributed by atoms with Gasteiger partial charge in [0.1, 0.15) is 11.6 Å². The number of nitrogens with zero attached hydrogens (tertiary/aromatic N) is 2. The minimum absolute atomic E-state index is 0.234. The summed E-state index contributed by atoms with van der Waals surface area (Å²) in [5.74, 6) is -0.943. The van der Waals surface area contributed by atoms with E-state index in [0.717, 1.165) is 22.5 Å². The van der Waals surface area contributed by atoms with Gasteiger partial charge in [-0.25, -0.2) is 18.6 Å². The van der Waals surface area contributed by atoms with Crippen molar-refractivity contribution in [2.24, 2.45) is 5.10 Å². The molecule has 1 atom stereocenters. The molecule has 0 radical (unpaired) electrons. The van der Waals surface area contributed by atoms with Crippen LogP contribution in [0.15, 0.2) is 108 Å². The summed E-state index contributed by atoms with van der Waals surface area (Å²) in [4.78, 5) is 12.9. The summed E-state index contributed by atoms with van der Waals surface area (Å²) in [5.41, 5.74) is 4.78. The van der Waals surface area contributed by atoms with Crippen molar-refractivity contribution < 1.29 is 13.6 Å². The molecule has 174 valence electrons. The fourth-order valence-corrected chi connectivity index (χ4v) is 3.98. The second-order valence-corrected chi connectivity index (χ2v) is 8.18. The average molecular weight is 469 g/mol. The number of nitrogens with one attached hydrogen (secondary N) is 2. The fraction of sp³-hybridized carbons (Fsp3) is 0.0714. The molecule has 0 aromatic heterocycles. The lowest BCUT2D eigenvalue weighted by Crippen LogP contribution is -2.30. The van der Waals surface area contributed by atoms with E-state index in [2.05, 4.69) is 15.7 Å². The Labute approximate surface area is 201 Å². The Hall–Kier alpha value is -4.52. The number of urea groups is 1. The van der Waals surface area contributed by atoms with Gasteiger partial charge in [0.05, 0.1) is 12.3 Å². The van der Waals surface area contributed by atoms with Gasteiger partial charge in [-0.3, -0.25) is 0 Å². The lowest BCUT2D eigenvalue weighted by molar-refractivity contribution is 0.218. The van der Waals surface area contributed by atoms with E-state index in [-0.39, 0.29) is 24.1 Å². The topological polar surface area (TPSA) is 56.7 Å². The Kier molecular flexibility index (Phi) is 6.22. The largest absolute Gasteiger partial charge is 0.356 e. The highest BCUT2D eigenvalue weighted by atomic mass is 19.1. The number of hydrogen-bond acceptors (Lipinski definition) is 3. The predicted octanol–water partition coefficient (Wildman–Crippen LogP) is 6.74. The van der Waals surface area contributed by atoms with Gasteiger partial charge in [-0.1, -0.05) is 42.5 Å². The molecule has 1 aliphatic heterocycles. The molecule has 0 saturated carbocycles. The normalized spacial score (nSPS) is 15.0. The van der Waals surface area contributed by atoms with Gasteiger partial charge in [0, 0.05) is 23.0 Å². The van der Waals surface area contributed by atoms with Crippen LogP contribution >= 0.6 is 0 Å². The molecule has 2 amide bonds. The second-order valence-electron chi connectivity index (χ2n) is 8.18. The summed E-state index contributed by atoms with van der Waals surface area (Å²) in [5, 5.41) is 12.1. The quantitative estimate of drug-likeness (QED) is 0.341. The lowest BCUT2D eigenvalue weighted by atomic mass is 9.90. The Morgan fingerprint density at radius 1 is 0.743 bits per heavy atom. The maximum Gasteiger partial charge on any atom is 0.342 e. The number of carbonyl (C=O) groups is 1. The maximum absolute atomic E-state index is 13.6. The van der Waals surface area contributed by atoms with Gasteiger partial charge in [0.15, 0.2) is 0 Å². The molecular formula is C28H22F2N4O. The van der Waals surface area contributed by atoms with Gasteiger partial charge in [0.25, 0.3) is 0 Å². The molecule has 0 bridgehead atoms. The second kappa shape index (κ2) is 9.77. The van der Waals surface area contributed by atoms with Crippen molar-refractivity contribution in [1.29, 1.82) is 0 Å². The van der Waals surface area contributed by atoms with E-state index in [4.69, 9.17) is 0 Å². The minimum Gasteiger partial charge on any atom is -0.356 e. The number of hydrazone groups is 1. The van der Waals surface area contributed by atoms with E-state index in [0.29, 0.717) is 11.4 Å². The number of anilines is 3. The first kappa shape index (κ1) is 22.3. The minimum atomic E-state index is -0.430. The van der Waals surface area contributed by atoms with Crippen LogP contribution in [-0.4, -0.2) is 23.3 Å². The fourth-order valence-electron chi connectivity index (χ4n) is 3.98. The molecule has 5 nitrogen and oxygen atoms in total. The van der Waals surface area contributed by atoms with Gasteiger partial charge >= 0.3 is 6.03 Å². The van der Waals surface area contributed by atoms with Crippen LogP contribution in [0.2, 0.25) is 0 Å². The van der Waals surface area contributed by atoms with Crippen molar-refractivity contribution in [2.75, 3.05) is 17.2 Å². The van der Waals surface area contributed by atoms with E-state index in [1.54, 1.807) is 12.1 Å². The van der Waals surface area contributed by atoms with E-state index < -0.39 is 6.03 Å². The third-order valence-electron chi connectivity index (χ3n) is 5.76. The van der Waals surface area contributed by atoms with Gasteiger partial charge in [-0.15, -0.1) is 0 Å². The molecule has 0 fully saturated rings. The van der Waals surface area contributed by atoms with Crippen molar-refractivity contribution in [3.05, 3.63) is 126 Å². The van der Waals surface area contributed by atoms with Crippen LogP contribution < -0.4 is 10.6 Å². The number of halogens is 2. The lowest BCUT2D eigenvalue weighted by Gasteiger charge is -2.16. The predicted molar refractivity (Wildman–Crippen MR) is 134 cm³/mol. The highest BCUT2D eigenvalue weighted by molar-refractivity contribution is 6.08. The smallest absolute Gasteiger partial charge is 0.342 e. The van der Waals surface area contributed by atoms with Gasteiger partial charge in [-0.05, 0) is 71.8 Å². The summed E-state index contributed by atoms with van der Waals surface area (Å²) >= 11 is 0. The molecule has 4 aromatic carbocycles. The zero-order chi connectivity index (χ0) is 24.2. The zero-order valence-corrected chi connectivity index (χ0v) is 18.7. The number of hydrogen-bond donors (Lipinski definition) is 2. The molecule has 0 saturated heterocycles. The Balaban J connectivity index is 1.40. The Morgan fingerprint density at radius 3 is 1.97 bits per heavy atom. The first-order valence-electron chi connectivity index (χ1n) is 11.2. The third-order valence-corrected chi connectivity index (χ3v) is 5.76. The number of carbonyl (C=O) groups excluding carboxylic acids is 1. The molecule has 1 unspecified atom stereocenters. The first-order chi connectivity index (χ1) is 17.0. The molecule has 1 heterocycles. The standard InChI is InChI=1S/C28H22F2N4O/c29-21-10-6-19(7-11-21)26-18-34(28(35)32-25-16-12-22(30)13-17-25)33-27(26)20-8-14-24(15-9-20)31-23-4-2-1-3-5-23/h1-17,26,31H,18H2,(H,32,35). The van der Waals surface area contributed by atoms with Crippen LogP contribution in [-0.2, 0) is 0 Å². The van der Waals surface area contributed by atoms with Crippen molar-refractivity contribution >= 4 is 28.8 Å². The summed E-state index contributed by atoms with van der Waals surface area (Å²) < 4.78 is 26.8. The van der Waals surface area contributed by atoms with Crippen LogP contribution in [0.1, 0.15) is 17.0 Å². The molecule has 1 aliphatic rings. The number of amides is 2.